The van der Waals surface area contributed by atoms with Crippen molar-refractivity contribution in [3.8, 4) is 0 Å². The molecule has 9 heteroatoms. The normalized spacial score (nSPS) is 48.1. The lowest BCUT2D eigenvalue weighted by atomic mass is 9.38. The molecule has 0 aromatic rings. The second-order valence-electron chi connectivity index (χ2n) is 16.4. The van der Waals surface area contributed by atoms with Gasteiger partial charge >= 0.3 is 0 Å². The van der Waals surface area contributed by atoms with E-state index < -0.39 is 48.8 Å². The Hall–Kier alpha value is -0.880. The highest BCUT2D eigenvalue weighted by atomic mass is 16.7. The van der Waals surface area contributed by atoms with E-state index in [1.165, 1.54) is 5.57 Å². The van der Waals surface area contributed by atoms with Gasteiger partial charge in [0.1, 0.15) is 24.4 Å². The van der Waals surface area contributed by atoms with E-state index in [2.05, 4.69) is 47.6 Å². The van der Waals surface area contributed by atoms with E-state index in [1.54, 1.807) is 0 Å². The van der Waals surface area contributed by atoms with Crippen LogP contribution in [0.2, 0.25) is 0 Å². The van der Waals surface area contributed by atoms with Crippen LogP contribution in [0.25, 0.3) is 0 Å². The van der Waals surface area contributed by atoms with Crippen LogP contribution in [0.5, 0.6) is 0 Å². The van der Waals surface area contributed by atoms with Gasteiger partial charge in [0.25, 0.3) is 0 Å². The number of hydrogen-bond acceptors (Lipinski definition) is 9. The molecule has 14 atom stereocenters. The van der Waals surface area contributed by atoms with Gasteiger partial charge in [0.2, 0.25) is 0 Å². The number of aliphatic hydroxyl groups is 7. The fraction of sp³-hybridized carbons (Fsp3) is 0.889. The van der Waals surface area contributed by atoms with Crippen LogP contribution >= 0.6 is 0 Å². The lowest BCUT2D eigenvalue weighted by molar-refractivity contribution is -0.320. The molecule has 3 saturated carbocycles. The fourth-order valence-electron chi connectivity index (χ4n) is 11.2. The Kier molecular flexibility index (Phi) is 10.1. The van der Waals surface area contributed by atoms with E-state index >= 15 is 0 Å². The second kappa shape index (κ2) is 12.9. The molecule has 4 aliphatic carbocycles. The summed E-state index contributed by atoms with van der Waals surface area (Å²) >= 11 is 0. The third-order valence-electron chi connectivity index (χ3n) is 14.2. The molecule has 0 aromatic carbocycles. The number of hydrogen-bond donors (Lipinski definition) is 7. The standard InChI is InChI=1S/C36H60O9/c1-20(8-7-9-21(17-37)18-38)22-14-15-34(4)26-12-10-23-24(36(26,6)27(40)16-35(22,34)5)11-13-28(33(23,2)3)45-32-31(43)30(42)29(41)25(19-39)44-32/h9-10,20,22,24-32,37-43H,7-8,11-19H2,1-6H3/t20-,22?,24-,25-,26?,27-,28+,29-,30+,31-,32+,34+,35-,36+/m1/s1. The molecule has 0 spiro atoms. The molecule has 9 nitrogen and oxygen atoms in total. The van der Waals surface area contributed by atoms with Crippen molar-refractivity contribution in [2.45, 2.75) is 136 Å². The minimum Gasteiger partial charge on any atom is -0.394 e. The zero-order chi connectivity index (χ0) is 33.1. The molecule has 258 valence electrons. The van der Waals surface area contributed by atoms with Crippen LogP contribution in [0.1, 0.15) is 92.9 Å². The van der Waals surface area contributed by atoms with Crippen molar-refractivity contribution in [2.24, 2.45) is 45.3 Å². The van der Waals surface area contributed by atoms with Crippen LogP contribution in [-0.4, -0.2) is 98.5 Å². The molecule has 1 heterocycles. The summed E-state index contributed by atoms with van der Waals surface area (Å²) < 4.78 is 12.1. The third-order valence-corrected chi connectivity index (χ3v) is 14.2. The topological polar surface area (TPSA) is 160 Å². The summed E-state index contributed by atoms with van der Waals surface area (Å²) in [5, 5.41) is 72.0. The molecule has 2 unspecified atom stereocenters. The third kappa shape index (κ3) is 5.50. The van der Waals surface area contributed by atoms with Crippen molar-refractivity contribution < 1.29 is 45.2 Å². The number of rotatable bonds is 9. The Bertz CT molecular complexity index is 1110. The summed E-state index contributed by atoms with van der Waals surface area (Å²) in [4.78, 5) is 0. The maximum atomic E-state index is 12.2. The van der Waals surface area contributed by atoms with Gasteiger partial charge in [-0.1, -0.05) is 59.3 Å². The van der Waals surface area contributed by atoms with Crippen molar-refractivity contribution in [3.05, 3.63) is 23.3 Å². The highest BCUT2D eigenvalue weighted by Crippen LogP contribution is 2.75. The first-order chi connectivity index (χ1) is 21.1. The smallest absolute Gasteiger partial charge is 0.187 e. The zero-order valence-electron chi connectivity index (χ0n) is 28.2. The average Bonchev–Trinajstić information content (AvgIpc) is 3.27. The second-order valence-corrected chi connectivity index (χ2v) is 16.4. The van der Waals surface area contributed by atoms with Crippen LogP contribution in [0.15, 0.2) is 23.3 Å². The highest BCUT2D eigenvalue weighted by Gasteiger charge is 2.70. The fourth-order valence-corrected chi connectivity index (χ4v) is 11.2. The SMILES string of the molecule is C[C@H](CCC=C(CO)CO)C1CC[C@@]2(C)C3CC=C4[C@@H](CC[C@H](O[C@@H]5O[C@H](CO)[C@@H](O)[C@H](O)[C@H]5O)C4(C)C)[C@]3(C)[C@H](O)C[C@]12C. The van der Waals surface area contributed by atoms with Gasteiger partial charge in [-0.2, -0.15) is 0 Å². The predicted octanol–water partition coefficient (Wildman–Crippen LogP) is 3.07. The van der Waals surface area contributed by atoms with Gasteiger partial charge in [0, 0.05) is 10.8 Å². The van der Waals surface area contributed by atoms with E-state index in [-0.39, 0.29) is 41.5 Å². The van der Waals surface area contributed by atoms with E-state index in [0.29, 0.717) is 29.7 Å². The molecule has 1 aliphatic heterocycles. The van der Waals surface area contributed by atoms with Crippen molar-refractivity contribution in [1.82, 2.24) is 0 Å². The molecular weight excluding hydrogens is 576 g/mol. The lowest BCUT2D eigenvalue weighted by Gasteiger charge is -2.67. The van der Waals surface area contributed by atoms with Gasteiger partial charge in [0.15, 0.2) is 6.29 Å². The zero-order valence-corrected chi connectivity index (χ0v) is 28.2. The predicted molar refractivity (Wildman–Crippen MR) is 170 cm³/mol. The molecule has 0 radical (unpaired) electrons. The van der Waals surface area contributed by atoms with E-state index in [1.807, 2.05) is 6.08 Å². The molecule has 45 heavy (non-hydrogen) atoms. The minimum atomic E-state index is -1.48. The van der Waals surface area contributed by atoms with Crippen molar-refractivity contribution in [3.63, 3.8) is 0 Å². The molecule has 5 rings (SSSR count). The Balaban J connectivity index is 1.37. The van der Waals surface area contributed by atoms with Crippen molar-refractivity contribution >= 4 is 0 Å². The first kappa shape index (κ1) is 35.4. The van der Waals surface area contributed by atoms with E-state index in [9.17, 15) is 35.7 Å². The van der Waals surface area contributed by atoms with Crippen LogP contribution in [0.3, 0.4) is 0 Å². The Morgan fingerprint density at radius 2 is 1.64 bits per heavy atom. The lowest BCUT2D eigenvalue weighted by Crippen LogP contribution is -2.65. The summed E-state index contributed by atoms with van der Waals surface area (Å²) in [5.41, 5.74) is 1.33. The maximum Gasteiger partial charge on any atom is 0.187 e. The van der Waals surface area contributed by atoms with Crippen LogP contribution in [-0.2, 0) is 9.47 Å². The molecule has 1 saturated heterocycles. The summed E-state index contributed by atoms with van der Waals surface area (Å²) in [6.45, 7) is 13.2. The van der Waals surface area contributed by atoms with Gasteiger partial charge in [-0.25, -0.2) is 0 Å². The number of aliphatic hydroxyl groups excluding tert-OH is 7. The molecule has 0 bridgehead atoms. The summed E-state index contributed by atoms with van der Waals surface area (Å²) in [7, 11) is 0. The van der Waals surface area contributed by atoms with Crippen molar-refractivity contribution in [2.75, 3.05) is 19.8 Å². The van der Waals surface area contributed by atoms with Gasteiger partial charge < -0.3 is 45.2 Å². The van der Waals surface area contributed by atoms with E-state index in [0.717, 1.165) is 44.9 Å². The first-order valence-corrected chi connectivity index (χ1v) is 17.4. The van der Waals surface area contributed by atoms with E-state index in [4.69, 9.17) is 9.47 Å². The quantitative estimate of drug-likeness (QED) is 0.189. The largest absolute Gasteiger partial charge is 0.394 e. The van der Waals surface area contributed by atoms with Gasteiger partial charge in [-0.05, 0) is 91.4 Å². The average molecular weight is 637 g/mol. The summed E-state index contributed by atoms with van der Waals surface area (Å²) in [6.07, 6.45) is 4.42. The maximum absolute atomic E-state index is 12.2. The summed E-state index contributed by atoms with van der Waals surface area (Å²) in [6, 6.07) is 0. The molecule has 5 aliphatic rings. The molecule has 0 amide bonds. The number of fused-ring (bicyclic) bond motifs is 5. The first-order valence-electron chi connectivity index (χ1n) is 17.4. The number of allylic oxidation sites excluding steroid dienone is 2. The van der Waals surface area contributed by atoms with Gasteiger partial charge in [-0.3, -0.25) is 0 Å². The van der Waals surface area contributed by atoms with Crippen LogP contribution in [0.4, 0.5) is 0 Å². The monoisotopic (exact) mass is 636 g/mol. The Labute approximate surface area is 269 Å². The van der Waals surface area contributed by atoms with Crippen LogP contribution in [0, 0.1) is 45.3 Å². The van der Waals surface area contributed by atoms with Gasteiger partial charge in [-0.15, -0.1) is 0 Å². The summed E-state index contributed by atoms with van der Waals surface area (Å²) in [5.74, 6) is 1.48. The van der Waals surface area contributed by atoms with Crippen molar-refractivity contribution in [1.29, 1.82) is 0 Å². The van der Waals surface area contributed by atoms with Gasteiger partial charge in [0.05, 0.1) is 32.0 Å². The highest BCUT2D eigenvalue weighted by molar-refractivity contribution is 5.31. The minimum absolute atomic E-state index is 0.000787. The molecule has 0 aromatic heterocycles. The number of ether oxygens (including phenoxy) is 2. The Morgan fingerprint density at radius 3 is 2.29 bits per heavy atom. The molecule has 7 N–H and O–H groups in total. The molecule has 4 fully saturated rings. The molecular formula is C36H60O9. The Morgan fingerprint density at radius 1 is 0.956 bits per heavy atom. The van der Waals surface area contributed by atoms with Crippen LogP contribution < -0.4 is 0 Å².